The largest absolute Gasteiger partial charge is 0.323 e. The Morgan fingerprint density at radius 2 is 1.40 bits per heavy atom. The van der Waals surface area contributed by atoms with Crippen molar-refractivity contribution in [3.8, 4) is 0 Å². The minimum absolute atomic E-state index is 0.0508. The quantitative estimate of drug-likeness (QED) is 0.309. The summed E-state index contributed by atoms with van der Waals surface area (Å²) in [6, 6.07) is 21.2. The summed E-state index contributed by atoms with van der Waals surface area (Å²) in [5.74, 6) is -0.410. The van der Waals surface area contributed by atoms with Crippen LogP contribution in [0.3, 0.4) is 0 Å². The molecule has 0 aliphatic carbocycles. The molecule has 8 nitrogen and oxygen atoms in total. The van der Waals surface area contributed by atoms with Crippen LogP contribution in [0.1, 0.15) is 5.56 Å². The Bertz CT molecular complexity index is 1100. The normalized spacial score (nSPS) is 10.4. The molecule has 0 saturated heterocycles. The molecule has 3 amide bonds. The Morgan fingerprint density at radius 1 is 0.767 bits per heavy atom. The average Bonchev–Trinajstić information content (AvgIpc) is 2.73. The van der Waals surface area contributed by atoms with E-state index in [4.69, 9.17) is 0 Å². The summed E-state index contributed by atoms with van der Waals surface area (Å²) < 4.78 is 0. The average molecular weight is 402 g/mol. The molecule has 0 aromatic heterocycles. The number of hydrogen-bond donors (Lipinski definition) is 3. The Morgan fingerprint density at radius 3 is 2.13 bits per heavy atom. The number of rotatable bonds is 6. The fourth-order valence-electron chi connectivity index (χ4n) is 2.59. The van der Waals surface area contributed by atoms with Gasteiger partial charge in [0, 0.05) is 35.3 Å². The van der Waals surface area contributed by atoms with Gasteiger partial charge in [0.25, 0.3) is 5.69 Å². The first-order valence-corrected chi connectivity index (χ1v) is 8.96. The smallest absolute Gasteiger partial charge is 0.322 e. The fourth-order valence-corrected chi connectivity index (χ4v) is 2.59. The van der Waals surface area contributed by atoms with Crippen LogP contribution in [0.2, 0.25) is 0 Å². The molecule has 30 heavy (non-hydrogen) atoms. The van der Waals surface area contributed by atoms with E-state index in [1.807, 2.05) is 18.2 Å². The lowest BCUT2D eigenvalue weighted by Crippen LogP contribution is -2.19. The molecule has 0 saturated carbocycles. The molecule has 0 bridgehead atoms. The van der Waals surface area contributed by atoms with Crippen LogP contribution in [0.5, 0.6) is 0 Å². The lowest BCUT2D eigenvalue weighted by Gasteiger charge is -2.09. The van der Waals surface area contributed by atoms with E-state index in [2.05, 4.69) is 16.0 Å². The summed E-state index contributed by atoms with van der Waals surface area (Å²) in [4.78, 5) is 34.5. The number of nitro groups is 1. The monoisotopic (exact) mass is 402 g/mol. The Hall–Kier alpha value is -4.46. The molecule has 3 N–H and O–H groups in total. The standard InChI is InChI=1S/C22H18N4O4/c27-21(13-12-16-6-4-11-20(14-16)26(29)30)23-18-9-5-10-19(15-18)25-22(28)24-17-7-2-1-3-8-17/h1-15H,(H,23,27)(H2,24,25,28). The molecule has 150 valence electrons. The van der Waals surface area contributed by atoms with Crippen molar-refractivity contribution in [1.82, 2.24) is 0 Å². The SMILES string of the molecule is O=C(C=Cc1cccc([N+](=O)[O-])c1)Nc1cccc(NC(=O)Nc2ccccc2)c1. The molecular weight excluding hydrogens is 384 g/mol. The number of para-hydroxylation sites is 1. The highest BCUT2D eigenvalue weighted by molar-refractivity contribution is 6.03. The van der Waals surface area contributed by atoms with Crippen molar-refractivity contribution in [2.24, 2.45) is 0 Å². The third-order valence-electron chi connectivity index (χ3n) is 3.93. The van der Waals surface area contributed by atoms with Crippen LogP contribution in [-0.4, -0.2) is 16.9 Å². The van der Waals surface area contributed by atoms with Gasteiger partial charge in [0.2, 0.25) is 5.91 Å². The number of non-ortho nitro benzene ring substituents is 1. The minimum Gasteiger partial charge on any atom is -0.322 e. The third kappa shape index (κ3) is 6.03. The highest BCUT2D eigenvalue weighted by atomic mass is 16.6. The van der Waals surface area contributed by atoms with Crippen LogP contribution >= 0.6 is 0 Å². The van der Waals surface area contributed by atoms with E-state index in [-0.39, 0.29) is 5.69 Å². The van der Waals surface area contributed by atoms with Crippen LogP contribution in [0.4, 0.5) is 27.5 Å². The number of carbonyl (C=O) groups is 2. The maximum absolute atomic E-state index is 12.1. The van der Waals surface area contributed by atoms with Gasteiger partial charge in [-0.2, -0.15) is 0 Å². The zero-order valence-corrected chi connectivity index (χ0v) is 15.7. The number of carbonyl (C=O) groups excluding carboxylic acids is 2. The van der Waals surface area contributed by atoms with E-state index < -0.39 is 16.9 Å². The number of amides is 3. The zero-order chi connectivity index (χ0) is 21.3. The van der Waals surface area contributed by atoms with Crippen LogP contribution in [-0.2, 0) is 4.79 Å². The summed E-state index contributed by atoms with van der Waals surface area (Å²) >= 11 is 0. The molecule has 0 aliphatic heterocycles. The first-order chi connectivity index (χ1) is 14.5. The highest BCUT2D eigenvalue weighted by Crippen LogP contribution is 2.17. The highest BCUT2D eigenvalue weighted by Gasteiger charge is 2.06. The predicted molar refractivity (Wildman–Crippen MR) is 116 cm³/mol. The van der Waals surface area contributed by atoms with Gasteiger partial charge in [-0.25, -0.2) is 4.79 Å². The maximum atomic E-state index is 12.1. The molecule has 0 aliphatic rings. The van der Waals surface area contributed by atoms with E-state index in [1.54, 1.807) is 48.5 Å². The molecule has 8 heteroatoms. The van der Waals surface area contributed by atoms with Gasteiger partial charge in [0.15, 0.2) is 0 Å². The van der Waals surface area contributed by atoms with E-state index in [1.165, 1.54) is 24.3 Å². The van der Waals surface area contributed by atoms with Gasteiger partial charge >= 0.3 is 6.03 Å². The van der Waals surface area contributed by atoms with Gasteiger partial charge in [-0.1, -0.05) is 36.4 Å². The van der Waals surface area contributed by atoms with Crippen LogP contribution in [0, 0.1) is 10.1 Å². The molecule has 0 unspecified atom stereocenters. The summed E-state index contributed by atoms with van der Waals surface area (Å²) in [5, 5.41) is 18.9. The van der Waals surface area contributed by atoms with Crippen molar-refractivity contribution in [1.29, 1.82) is 0 Å². The second-order valence-electron chi connectivity index (χ2n) is 6.20. The van der Waals surface area contributed by atoms with Gasteiger partial charge in [0.1, 0.15) is 0 Å². The molecule has 0 spiro atoms. The van der Waals surface area contributed by atoms with Crippen LogP contribution < -0.4 is 16.0 Å². The fraction of sp³-hybridized carbons (Fsp3) is 0. The second kappa shape index (κ2) is 9.65. The second-order valence-corrected chi connectivity index (χ2v) is 6.20. The molecule has 3 rings (SSSR count). The molecule has 3 aromatic rings. The molecule has 0 atom stereocenters. The number of benzene rings is 3. The number of nitro benzene ring substituents is 1. The zero-order valence-electron chi connectivity index (χ0n) is 15.7. The first kappa shape index (κ1) is 20.3. The van der Waals surface area contributed by atoms with Crippen LogP contribution in [0.25, 0.3) is 6.08 Å². The number of nitrogens with zero attached hydrogens (tertiary/aromatic N) is 1. The number of hydrogen-bond acceptors (Lipinski definition) is 4. The van der Waals surface area contributed by atoms with Crippen molar-refractivity contribution in [3.63, 3.8) is 0 Å². The van der Waals surface area contributed by atoms with Crippen molar-refractivity contribution in [2.75, 3.05) is 16.0 Å². The van der Waals surface area contributed by atoms with Crippen molar-refractivity contribution in [3.05, 3.63) is 101 Å². The van der Waals surface area contributed by atoms with Crippen molar-refractivity contribution >= 4 is 40.8 Å². The number of nitrogens with one attached hydrogen (secondary N) is 3. The lowest BCUT2D eigenvalue weighted by atomic mass is 10.2. The molecule has 3 aromatic carbocycles. The molecular formula is C22H18N4O4. The van der Waals surface area contributed by atoms with Crippen LogP contribution in [0.15, 0.2) is 84.9 Å². The summed E-state index contributed by atoms with van der Waals surface area (Å²) in [6.45, 7) is 0. The predicted octanol–water partition coefficient (Wildman–Crippen LogP) is 4.89. The van der Waals surface area contributed by atoms with Crippen molar-refractivity contribution in [2.45, 2.75) is 0 Å². The molecule has 0 fully saturated rings. The summed E-state index contributed by atoms with van der Waals surface area (Å²) in [6.07, 6.45) is 2.76. The van der Waals surface area contributed by atoms with E-state index in [9.17, 15) is 19.7 Å². The number of urea groups is 1. The first-order valence-electron chi connectivity index (χ1n) is 8.96. The third-order valence-corrected chi connectivity index (χ3v) is 3.93. The summed E-state index contributed by atoms with van der Waals surface area (Å²) in [5.41, 5.74) is 2.13. The van der Waals surface area contributed by atoms with Gasteiger partial charge in [-0.3, -0.25) is 14.9 Å². The van der Waals surface area contributed by atoms with E-state index in [0.717, 1.165) is 0 Å². The van der Waals surface area contributed by atoms with Gasteiger partial charge in [0.05, 0.1) is 4.92 Å². The lowest BCUT2D eigenvalue weighted by molar-refractivity contribution is -0.384. The topological polar surface area (TPSA) is 113 Å². The Balaban J connectivity index is 1.59. The van der Waals surface area contributed by atoms with Gasteiger partial charge < -0.3 is 16.0 Å². The summed E-state index contributed by atoms with van der Waals surface area (Å²) in [7, 11) is 0. The molecule has 0 heterocycles. The van der Waals surface area contributed by atoms with E-state index in [0.29, 0.717) is 22.6 Å². The van der Waals surface area contributed by atoms with E-state index >= 15 is 0 Å². The Labute approximate surface area is 172 Å². The molecule has 0 radical (unpaired) electrons. The van der Waals surface area contributed by atoms with Crippen molar-refractivity contribution < 1.29 is 14.5 Å². The number of anilines is 3. The maximum Gasteiger partial charge on any atom is 0.323 e. The van der Waals surface area contributed by atoms with Gasteiger partial charge in [-0.15, -0.1) is 0 Å². The van der Waals surface area contributed by atoms with Gasteiger partial charge in [-0.05, 0) is 42.0 Å². The minimum atomic E-state index is -0.496. The Kier molecular flexibility index (Phi) is 6.52.